The van der Waals surface area contributed by atoms with Gasteiger partial charge in [-0.1, -0.05) is 42.5 Å². The molecule has 0 heterocycles. The van der Waals surface area contributed by atoms with Crippen molar-refractivity contribution >= 4 is 68.3 Å². The Morgan fingerprint density at radius 3 is 1.90 bits per heavy atom. The van der Waals surface area contributed by atoms with Gasteiger partial charge >= 0.3 is 0 Å². The molecule has 3 aromatic carbocycles. The molecule has 0 saturated carbocycles. The summed E-state index contributed by atoms with van der Waals surface area (Å²) in [6.45, 7) is 3.70. The molecule has 0 spiro atoms. The summed E-state index contributed by atoms with van der Waals surface area (Å²) >= 11 is 0. The number of carbonyl (C=O) groups is 2. The van der Waals surface area contributed by atoms with E-state index in [2.05, 4.69) is 5.32 Å². The Balaban J connectivity index is 0.00000272. The first kappa shape index (κ1) is 23.2. The zero-order chi connectivity index (χ0) is 21.8. The number of benzene rings is 3. The molecular formula is C22H18N2NaO5S. The number of rotatable bonds is 3. The summed E-state index contributed by atoms with van der Waals surface area (Å²) in [6, 6.07) is 12.9. The van der Waals surface area contributed by atoms with Crippen LogP contribution in [0.15, 0.2) is 53.4 Å². The van der Waals surface area contributed by atoms with Gasteiger partial charge in [-0.05, 0) is 31.0 Å². The molecule has 3 aromatic rings. The Morgan fingerprint density at radius 2 is 1.39 bits per heavy atom. The quantitative estimate of drug-likeness (QED) is 0.251. The van der Waals surface area contributed by atoms with Crippen molar-refractivity contribution in [1.82, 2.24) is 0 Å². The van der Waals surface area contributed by atoms with Gasteiger partial charge in [-0.15, -0.1) is 0 Å². The Labute approximate surface area is 201 Å². The molecule has 31 heavy (non-hydrogen) atoms. The van der Waals surface area contributed by atoms with Crippen molar-refractivity contribution in [3.05, 3.63) is 81.9 Å². The van der Waals surface area contributed by atoms with Crippen LogP contribution in [0.2, 0.25) is 0 Å². The number of carbonyl (C=O) groups excluding carboxylic acids is 2. The van der Waals surface area contributed by atoms with E-state index in [9.17, 15) is 22.6 Å². The second-order valence-electron chi connectivity index (χ2n) is 7.16. The van der Waals surface area contributed by atoms with E-state index in [4.69, 9.17) is 5.73 Å². The minimum atomic E-state index is -4.75. The van der Waals surface area contributed by atoms with Crippen LogP contribution in [0.4, 0.5) is 17.1 Å². The zero-order valence-electron chi connectivity index (χ0n) is 17.2. The Kier molecular flexibility index (Phi) is 6.14. The summed E-state index contributed by atoms with van der Waals surface area (Å²) < 4.78 is 33.6. The third-order valence-corrected chi connectivity index (χ3v) is 6.11. The van der Waals surface area contributed by atoms with E-state index in [1.807, 2.05) is 32.0 Å². The van der Waals surface area contributed by atoms with Crippen molar-refractivity contribution < 1.29 is 22.6 Å². The number of fused-ring (bicyclic) bond motifs is 2. The topological polar surface area (TPSA) is 127 Å². The molecule has 0 bridgehead atoms. The monoisotopic (exact) mass is 445 g/mol. The fraction of sp³-hybridized carbons (Fsp3) is 0.0909. The van der Waals surface area contributed by atoms with E-state index >= 15 is 0 Å². The van der Waals surface area contributed by atoms with Crippen molar-refractivity contribution in [2.24, 2.45) is 0 Å². The molecular weight excluding hydrogens is 427 g/mol. The number of para-hydroxylation sites is 1. The standard InChI is InChI=1S/C22H18N2O5S.Na/c1-11-6-5-7-12(2)20(11)24-15-10-16(30(27,28)29)19(23)18-17(15)21(25)13-8-3-4-9-14(13)22(18)26;/h3-10,24H,23H2,1-2H3,(H,27,28,29);. The van der Waals surface area contributed by atoms with Crippen LogP contribution in [0.3, 0.4) is 0 Å². The number of nitrogen functional groups attached to an aromatic ring is 1. The van der Waals surface area contributed by atoms with Crippen molar-refractivity contribution in [1.29, 1.82) is 0 Å². The molecule has 0 amide bonds. The molecule has 4 rings (SSSR count). The molecule has 9 heteroatoms. The molecule has 1 aliphatic carbocycles. The van der Waals surface area contributed by atoms with E-state index in [1.165, 1.54) is 12.1 Å². The third kappa shape index (κ3) is 3.81. The summed E-state index contributed by atoms with van der Waals surface area (Å²) in [7, 11) is -4.75. The summed E-state index contributed by atoms with van der Waals surface area (Å²) in [4.78, 5) is 25.8. The van der Waals surface area contributed by atoms with Crippen molar-refractivity contribution in [2.75, 3.05) is 11.1 Å². The number of hydrogen-bond acceptors (Lipinski definition) is 6. The first-order valence-corrected chi connectivity index (χ1v) is 10.5. The van der Waals surface area contributed by atoms with E-state index in [-0.39, 0.29) is 57.5 Å². The molecule has 153 valence electrons. The zero-order valence-corrected chi connectivity index (χ0v) is 20.0. The van der Waals surface area contributed by atoms with Gasteiger partial charge in [0, 0.05) is 46.4 Å². The first-order chi connectivity index (χ1) is 14.1. The van der Waals surface area contributed by atoms with Crippen LogP contribution in [-0.4, -0.2) is 54.1 Å². The van der Waals surface area contributed by atoms with Crippen LogP contribution in [0.25, 0.3) is 0 Å². The van der Waals surface area contributed by atoms with Gasteiger partial charge in [0.2, 0.25) is 0 Å². The van der Waals surface area contributed by atoms with E-state index in [1.54, 1.807) is 12.1 Å². The number of aryl methyl sites for hydroxylation is 2. The maximum absolute atomic E-state index is 13.3. The van der Waals surface area contributed by atoms with Crippen molar-refractivity contribution in [3.8, 4) is 0 Å². The van der Waals surface area contributed by atoms with Gasteiger partial charge in [0.15, 0.2) is 11.6 Å². The van der Waals surface area contributed by atoms with Crippen LogP contribution < -0.4 is 11.1 Å². The van der Waals surface area contributed by atoms with E-state index < -0.39 is 32.3 Å². The number of anilines is 3. The molecule has 1 radical (unpaired) electrons. The number of nitrogens with two attached hydrogens (primary N) is 1. The predicted octanol–water partition coefficient (Wildman–Crippen LogP) is 3.27. The third-order valence-electron chi connectivity index (χ3n) is 5.22. The first-order valence-electron chi connectivity index (χ1n) is 9.07. The van der Waals surface area contributed by atoms with Gasteiger partial charge in [0.05, 0.1) is 22.5 Å². The van der Waals surface area contributed by atoms with Gasteiger partial charge in [0.1, 0.15) is 4.90 Å². The van der Waals surface area contributed by atoms with Gasteiger partial charge < -0.3 is 11.1 Å². The predicted molar refractivity (Wildman–Crippen MR) is 119 cm³/mol. The molecule has 0 fully saturated rings. The normalized spacial score (nSPS) is 12.6. The SMILES string of the molecule is Cc1cccc(C)c1Nc1cc(S(=O)(=O)O)c(N)c2c1C(=O)c1ccccc1C2=O.[Na]. The van der Waals surface area contributed by atoms with Crippen LogP contribution >= 0.6 is 0 Å². The molecule has 0 aromatic heterocycles. The minimum absolute atomic E-state index is 0. The molecule has 0 atom stereocenters. The maximum atomic E-state index is 13.3. The van der Waals surface area contributed by atoms with Crippen molar-refractivity contribution in [2.45, 2.75) is 18.7 Å². The number of nitrogens with one attached hydrogen (secondary N) is 1. The smallest absolute Gasteiger partial charge is 0.296 e. The summed E-state index contributed by atoms with van der Waals surface area (Å²) in [5.41, 5.74) is 8.05. The van der Waals surface area contributed by atoms with E-state index in [0.29, 0.717) is 5.69 Å². The van der Waals surface area contributed by atoms with Gasteiger partial charge in [-0.25, -0.2) is 0 Å². The summed E-state index contributed by atoms with van der Waals surface area (Å²) in [5.74, 6) is -1.03. The molecule has 1 aliphatic rings. The molecule has 0 unspecified atom stereocenters. The summed E-state index contributed by atoms with van der Waals surface area (Å²) in [5, 5.41) is 3.09. The Morgan fingerprint density at radius 1 is 0.871 bits per heavy atom. The van der Waals surface area contributed by atoms with E-state index in [0.717, 1.165) is 17.2 Å². The second kappa shape index (κ2) is 8.22. The average molecular weight is 445 g/mol. The molecule has 0 saturated heterocycles. The van der Waals surface area contributed by atoms with Crippen LogP contribution in [0.5, 0.6) is 0 Å². The largest absolute Gasteiger partial charge is 0.397 e. The summed E-state index contributed by atoms with van der Waals surface area (Å²) in [6.07, 6.45) is 0. The van der Waals surface area contributed by atoms with Crippen molar-refractivity contribution in [3.63, 3.8) is 0 Å². The van der Waals surface area contributed by atoms with Crippen LogP contribution in [0.1, 0.15) is 43.0 Å². The number of hydrogen-bond donors (Lipinski definition) is 3. The Bertz CT molecular complexity index is 1350. The van der Waals surface area contributed by atoms with Crippen LogP contribution in [-0.2, 0) is 10.1 Å². The number of ketones is 2. The molecule has 0 aliphatic heterocycles. The molecule has 7 nitrogen and oxygen atoms in total. The Hall–Kier alpha value is -2.49. The average Bonchev–Trinajstić information content (AvgIpc) is 2.68. The molecule has 4 N–H and O–H groups in total. The minimum Gasteiger partial charge on any atom is -0.397 e. The fourth-order valence-corrected chi connectivity index (χ4v) is 4.40. The van der Waals surface area contributed by atoms with Gasteiger partial charge in [-0.2, -0.15) is 8.42 Å². The van der Waals surface area contributed by atoms with Gasteiger partial charge in [0.25, 0.3) is 10.1 Å². The second-order valence-corrected chi connectivity index (χ2v) is 8.55. The van der Waals surface area contributed by atoms with Gasteiger partial charge in [-0.3, -0.25) is 14.1 Å². The fourth-order valence-electron chi connectivity index (χ4n) is 3.75. The van der Waals surface area contributed by atoms with Crippen LogP contribution in [0, 0.1) is 13.8 Å². The maximum Gasteiger partial charge on any atom is 0.296 e.